The SMILES string of the molecule is Cc1ccc(NCCCOCCCNC(=O)C2CCN(c3cc(Nc4ccc(S(=O)(=O)O)cc4)c4c5c(onc35)-c3ccccc3C4=O)CC2)c([N+](=O)[O-])c1. The molecule has 1 aromatic heterocycles. The number of rotatable bonds is 15. The third kappa shape index (κ3) is 8.01. The van der Waals surface area contributed by atoms with E-state index in [1.54, 1.807) is 24.3 Å². The Morgan fingerprint density at radius 1 is 1.00 bits per heavy atom. The van der Waals surface area contributed by atoms with Gasteiger partial charge < -0.3 is 30.1 Å². The first-order valence-electron chi connectivity index (χ1n) is 18.0. The number of carbonyl (C=O) groups excluding carboxylic acids is 2. The van der Waals surface area contributed by atoms with Gasteiger partial charge in [-0.1, -0.05) is 35.5 Å². The van der Waals surface area contributed by atoms with Crippen LogP contribution in [0.4, 0.5) is 28.4 Å². The van der Waals surface area contributed by atoms with Gasteiger partial charge in [0.2, 0.25) is 5.91 Å². The van der Waals surface area contributed by atoms with Gasteiger partial charge in [-0.15, -0.1) is 0 Å². The highest BCUT2D eigenvalue weighted by Crippen LogP contribution is 2.47. The van der Waals surface area contributed by atoms with Gasteiger partial charge in [-0.3, -0.25) is 24.3 Å². The van der Waals surface area contributed by atoms with E-state index in [2.05, 4.69) is 26.0 Å². The van der Waals surface area contributed by atoms with Gasteiger partial charge in [0.05, 0.1) is 32.1 Å². The summed E-state index contributed by atoms with van der Waals surface area (Å²) < 4.78 is 44.3. The van der Waals surface area contributed by atoms with Crippen molar-refractivity contribution in [3.8, 4) is 11.3 Å². The summed E-state index contributed by atoms with van der Waals surface area (Å²) in [5.74, 6) is 0.0855. The molecule has 7 rings (SSSR count). The zero-order valence-corrected chi connectivity index (χ0v) is 30.9. The lowest BCUT2D eigenvalue weighted by atomic mass is 9.86. The maximum absolute atomic E-state index is 14.0. The third-order valence-corrected chi connectivity index (χ3v) is 10.8. The smallest absolute Gasteiger partial charge is 0.294 e. The van der Waals surface area contributed by atoms with E-state index in [1.165, 1.54) is 24.3 Å². The second-order valence-electron chi connectivity index (χ2n) is 13.6. The number of carbonyl (C=O) groups is 2. The summed E-state index contributed by atoms with van der Waals surface area (Å²) in [5.41, 5.74) is 5.13. The zero-order valence-electron chi connectivity index (χ0n) is 30.0. The lowest BCUT2D eigenvalue weighted by Crippen LogP contribution is -2.41. The summed E-state index contributed by atoms with van der Waals surface area (Å²) in [6.45, 7) is 4.90. The molecule has 2 aliphatic rings. The third-order valence-electron chi connectivity index (χ3n) is 9.91. The second-order valence-corrected chi connectivity index (χ2v) is 15.1. The molecule has 55 heavy (non-hydrogen) atoms. The minimum atomic E-state index is -4.38. The van der Waals surface area contributed by atoms with E-state index >= 15 is 0 Å². The van der Waals surface area contributed by atoms with E-state index in [0.717, 1.165) is 11.3 Å². The Morgan fingerprint density at radius 3 is 2.42 bits per heavy atom. The summed E-state index contributed by atoms with van der Waals surface area (Å²) in [4.78, 5) is 39.8. The Bertz CT molecular complexity index is 2370. The number of hydrogen-bond donors (Lipinski definition) is 4. The van der Waals surface area contributed by atoms with Crippen LogP contribution in [0.2, 0.25) is 0 Å². The second kappa shape index (κ2) is 15.9. The van der Waals surface area contributed by atoms with Crippen molar-refractivity contribution in [3.05, 3.63) is 99.6 Å². The van der Waals surface area contributed by atoms with Gasteiger partial charge in [0.1, 0.15) is 11.2 Å². The first-order valence-corrected chi connectivity index (χ1v) is 19.5. The van der Waals surface area contributed by atoms with Crippen LogP contribution in [0, 0.1) is 23.0 Å². The van der Waals surface area contributed by atoms with E-state index in [0.29, 0.717) is 115 Å². The molecule has 15 nitrogen and oxygen atoms in total. The zero-order chi connectivity index (χ0) is 38.7. The fraction of sp³-hybridized carbons (Fsp3) is 0.308. The van der Waals surface area contributed by atoms with Gasteiger partial charge in [-0.05, 0) is 74.6 Å². The van der Waals surface area contributed by atoms with Crippen LogP contribution in [0.5, 0.6) is 0 Å². The summed E-state index contributed by atoms with van der Waals surface area (Å²) in [6, 6.07) is 19.7. The molecular formula is C39H40N6O9S. The van der Waals surface area contributed by atoms with Crippen LogP contribution in [0.25, 0.3) is 22.2 Å². The van der Waals surface area contributed by atoms with E-state index < -0.39 is 15.0 Å². The van der Waals surface area contributed by atoms with Gasteiger partial charge in [0.15, 0.2) is 11.5 Å². The van der Waals surface area contributed by atoms with Crippen molar-refractivity contribution >= 4 is 61.1 Å². The fourth-order valence-electron chi connectivity index (χ4n) is 7.10. The van der Waals surface area contributed by atoms with Crippen molar-refractivity contribution in [2.75, 3.05) is 54.9 Å². The number of nitro groups is 1. The molecule has 0 unspecified atom stereocenters. The molecule has 1 aliphatic heterocycles. The number of aryl methyl sites for hydroxylation is 1. The summed E-state index contributed by atoms with van der Waals surface area (Å²) >= 11 is 0. The van der Waals surface area contributed by atoms with Crippen molar-refractivity contribution in [1.82, 2.24) is 10.5 Å². The van der Waals surface area contributed by atoms with Crippen molar-refractivity contribution in [3.63, 3.8) is 0 Å². The van der Waals surface area contributed by atoms with Gasteiger partial charge >= 0.3 is 0 Å². The first-order chi connectivity index (χ1) is 26.5. The molecule has 286 valence electrons. The Kier molecular flexibility index (Phi) is 10.8. The highest BCUT2D eigenvalue weighted by Gasteiger charge is 2.35. The average molecular weight is 769 g/mol. The Labute approximate surface area is 316 Å². The van der Waals surface area contributed by atoms with Gasteiger partial charge in [0.25, 0.3) is 15.8 Å². The van der Waals surface area contributed by atoms with Crippen molar-refractivity contribution in [2.45, 2.75) is 37.5 Å². The molecule has 4 aromatic carbocycles. The maximum Gasteiger partial charge on any atom is 0.294 e. The Morgan fingerprint density at radius 2 is 1.71 bits per heavy atom. The van der Waals surface area contributed by atoms with Crippen LogP contribution < -0.4 is 20.9 Å². The molecule has 0 spiro atoms. The number of anilines is 4. The topological polar surface area (TPSA) is 206 Å². The minimum Gasteiger partial charge on any atom is -0.381 e. The van der Waals surface area contributed by atoms with Crippen molar-refractivity contribution in [2.24, 2.45) is 5.92 Å². The molecule has 2 heterocycles. The molecule has 4 N–H and O–H groups in total. The number of piperidine rings is 1. The molecule has 1 fully saturated rings. The van der Waals surface area contributed by atoms with Gasteiger partial charge in [-0.2, -0.15) is 8.42 Å². The summed E-state index contributed by atoms with van der Waals surface area (Å²) in [6.07, 6.45) is 2.52. The van der Waals surface area contributed by atoms with Crippen LogP contribution in [0.3, 0.4) is 0 Å². The first kappa shape index (κ1) is 37.5. The molecular weight excluding hydrogens is 729 g/mol. The predicted octanol–water partition coefficient (Wildman–Crippen LogP) is 6.49. The molecule has 1 aliphatic carbocycles. The molecule has 16 heteroatoms. The van der Waals surface area contributed by atoms with Crippen LogP contribution >= 0.6 is 0 Å². The Balaban J connectivity index is 0.948. The average Bonchev–Trinajstić information content (AvgIpc) is 3.62. The standard InChI is InChI=1S/C39H40N6O9S/c1-24-8-13-30(32(22-24)45(48)49)40-16-4-20-53-21-5-17-41-39(47)25-14-18-44(19-15-25)33-23-31(42-26-9-11-27(12-10-26)55(50,51)52)34-35-36(33)43-54-38(35)29-7-3-2-6-28(29)37(34)46/h2-3,6-13,22-23,25,40,42H,4-5,14-21H2,1H3,(H,41,47)(H,50,51,52). The summed E-state index contributed by atoms with van der Waals surface area (Å²) in [5, 5.41) is 25.7. The lowest BCUT2D eigenvalue weighted by Gasteiger charge is -2.33. The summed E-state index contributed by atoms with van der Waals surface area (Å²) in [7, 11) is -4.38. The van der Waals surface area contributed by atoms with E-state index in [-0.39, 0.29) is 28.2 Å². The Hall–Kier alpha value is -5.84. The molecule has 0 atom stereocenters. The molecule has 0 radical (unpaired) electrons. The molecule has 5 aromatic rings. The van der Waals surface area contributed by atoms with E-state index in [9.17, 15) is 32.7 Å². The van der Waals surface area contributed by atoms with Crippen LogP contribution in [0.1, 0.15) is 47.2 Å². The maximum atomic E-state index is 14.0. The van der Waals surface area contributed by atoms with Crippen molar-refractivity contribution in [1.29, 1.82) is 0 Å². The number of nitrogens with zero attached hydrogens (tertiary/aromatic N) is 3. The van der Waals surface area contributed by atoms with E-state index in [4.69, 9.17) is 9.26 Å². The molecule has 1 saturated heterocycles. The van der Waals surface area contributed by atoms with E-state index in [1.807, 2.05) is 31.2 Å². The molecule has 0 saturated carbocycles. The van der Waals surface area contributed by atoms with Crippen molar-refractivity contribution < 1.29 is 36.7 Å². The predicted molar refractivity (Wildman–Crippen MR) is 207 cm³/mol. The largest absolute Gasteiger partial charge is 0.381 e. The molecule has 1 amide bonds. The normalized spacial score (nSPS) is 14.1. The highest BCUT2D eigenvalue weighted by molar-refractivity contribution is 7.85. The number of ether oxygens (including phenoxy) is 1. The van der Waals surface area contributed by atoms with Gasteiger partial charge in [0, 0.05) is 68.2 Å². The van der Waals surface area contributed by atoms with Crippen LogP contribution in [0.15, 0.2) is 82.2 Å². The number of nitrogens with one attached hydrogen (secondary N) is 3. The number of aromatic nitrogens is 1. The van der Waals surface area contributed by atoms with Crippen LogP contribution in [-0.4, -0.2) is 74.1 Å². The monoisotopic (exact) mass is 768 g/mol. The number of benzene rings is 4. The quantitative estimate of drug-likeness (QED) is 0.0382. The number of fused-ring (bicyclic) bond motifs is 2. The fourth-order valence-corrected chi connectivity index (χ4v) is 7.58. The number of nitro benzene ring substituents is 1. The lowest BCUT2D eigenvalue weighted by molar-refractivity contribution is -0.384. The minimum absolute atomic E-state index is 0.0138. The number of ketones is 1. The number of hydrogen-bond acceptors (Lipinski definition) is 12. The highest BCUT2D eigenvalue weighted by atomic mass is 32.2. The van der Waals surface area contributed by atoms with Crippen LogP contribution in [-0.2, 0) is 19.6 Å². The number of amides is 1. The molecule has 0 bridgehead atoms. The van der Waals surface area contributed by atoms with Gasteiger partial charge in [-0.25, -0.2) is 0 Å².